The van der Waals surface area contributed by atoms with Crippen molar-refractivity contribution in [1.82, 2.24) is 4.57 Å². The summed E-state index contributed by atoms with van der Waals surface area (Å²) in [5.41, 5.74) is 2.47. The van der Waals surface area contributed by atoms with Gasteiger partial charge >= 0.3 is 5.97 Å². The highest BCUT2D eigenvalue weighted by atomic mass is 79.9. The van der Waals surface area contributed by atoms with Gasteiger partial charge in [0.25, 0.3) is 11.5 Å². The first-order valence-electron chi connectivity index (χ1n) is 12.9. The monoisotopic (exact) mass is 681 g/mol. The molecule has 220 valence electrons. The Bertz CT molecular complexity index is 1940. The zero-order valence-corrected chi connectivity index (χ0v) is 26.4. The highest BCUT2D eigenvalue weighted by Gasteiger charge is 2.32. The van der Waals surface area contributed by atoms with Crippen LogP contribution in [0.5, 0.6) is 11.5 Å². The molecule has 2 heterocycles. The van der Waals surface area contributed by atoms with Crippen LogP contribution >= 0.6 is 38.9 Å². The van der Waals surface area contributed by atoms with Crippen LogP contribution in [0.4, 0.5) is 5.69 Å². The van der Waals surface area contributed by atoms with E-state index in [1.807, 2.05) is 30.3 Å². The summed E-state index contributed by atoms with van der Waals surface area (Å²) < 4.78 is 18.9. The van der Waals surface area contributed by atoms with Gasteiger partial charge in [-0.2, -0.15) is 0 Å². The smallest absolute Gasteiger partial charge is 0.338 e. The van der Waals surface area contributed by atoms with E-state index < -0.39 is 12.0 Å². The second-order valence-electron chi connectivity index (χ2n) is 9.36. The van der Waals surface area contributed by atoms with Crippen LogP contribution in [0, 0.1) is 0 Å². The molecule has 1 aliphatic heterocycles. The summed E-state index contributed by atoms with van der Waals surface area (Å²) >= 11 is 10.6. The number of thiazole rings is 1. The van der Waals surface area contributed by atoms with Gasteiger partial charge in [0.05, 0.1) is 41.1 Å². The first-order valence-corrected chi connectivity index (χ1v) is 14.9. The first-order chi connectivity index (χ1) is 20.7. The van der Waals surface area contributed by atoms with Crippen molar-refractivity contribution in [2.24, 2.45) is 4.99 Å². The molecule has 0 saturated carbocycles. The summed E-state index contributed by atoms with van der Waals surface area (Å²) in [5.74, 6) is -0.182. The Morgan fingerprint density at radius 1 is 1.09 bits per heavy atom. The molecular weight excluding hydrogens is 658 g/mol. The number of allylic oxidation sites excluding steroid dienone is 1. The van der Waals surface area contributed by atoms with Crippen LogP contribution < -0.4 is 29.7 Å². The van der Waals surface area contributed by atoms with Gasteiger partial charge in [-0.05, 0) is 70.4 Å². The molecule has 1 amide bonds. The topological polar surface area (TPSA) is 108 Å². The van der Waals surface area contributed by atoms with Gasteiger partial charge in [0.1, 0.15) is 0 Å². The number of hydrogen-bond donors (Lipinski definition) is 1. The Labute approximate surface area is 263 Å². The number of carbonyl (C=O) groups excluding carboxylic acids is 2. The quantitative estimate of drug-likeness (QED) is 0.267. The lowest BCUT2D eigenvalue weighted by Gasteiger charge is -2.24. The molecule has 0 radical (unpaired) electrons. The van der Waals surface area contributed by atoms with Gasteiger partial charge in [0.2, 0.25) is 0 Å². The maximum Gasteiger partial charge on any atom is 0.338 e. The number of hydrogen-bond acceptors (Lipinski definition) is 8. The zero-order valence-electron chi connectivity index (χ0n) is 23.2. The summed E-state index contributed by atoms with van der Waals surface area (Å²) in [6, 6.07) is 18.8. The number of amides is 1. The fourth-order valence-corrected chi connectivity index (χ4v) is 6.08. The average molecular weight is 683 g/mol. The Kier molecular flexibility index (Phi) is 9.14. The molecule has 0 saturated heterocycles. The van der Waals surface area contributed by atoms with Crippen LogP contribution in [-0.2, 0) is 14.3 Å². The van der Waals surface area contributed by atoms with Crippen molar-refractivity contribution in [1.29, 1.82) is 0 Å². The van der Waals surface area contributed by atoms with Crippen molar-refractivity contribution < 1.29 is 23.8 Å². The molecule has 1 unspecified atom stereocenters. The average Bonchev–Trinajstić information content (AvgIpc) is 3.31. The van der Waals surface area contributed by atoms with E-state index in [-0.39, 0.29) is 18.1 Å². The standard InChI is InChI=1S/C31H25BrClN3O6S/c1-17-27(30(39)41-3)28(19-7-5-4-6-8-19)36-29(38)25(43-31(36)34-17)14-18-9-12-23(24(13-18)40-2)42-16-26(37)35-20-10-11-21(32)22(33)15-20/h4-15,28H,16H2,1-3H3,(H,35,37). The largest absolute Gasteiger partial charge is 0.493 e. The van der Waals surface area contributed by atoms with Crippen LogP contribution in [-0.4, -0.2) is 37.3 Å². The predicted molar refractivity (Wildman–Crippen MR) is 168 cm³/mol. The summed E-state index contributed by atoms with van der Waals surface area (Å²) in [5, 5.41) is 3.20. The summed E-state index contributed by atoms with van der Waals surface area (Å²) in [7, 11) is 2.79. The van der Waals surface area contributed by atoms with Gasteiger partial charge in [-0.3, -0.25) is 14.2 Å². The second kappa shape index (κ2) is 13.0. The Hall–Kier alpha value is -4.19. The number of methoxy groups -OCH3 is 2. The molecular formula is C31H25BrClN3O6S. The minimum atomic E-state index is -0.683. The normalized spacial score (nSPS) is 14.5. The van der Waals surface area contributed by atoms with Gasteiger partial charge in [-0.1, -0.05) is 59.3 Å². The molecule has 0 aliphatic carbocycles. The molecule has 12 heteroatoms. The fourth-order valence-electron chi connectivity index (χ4n) is 4.60. The van der Waals surface area contributed by atoms with E-state index in [4.69, 9.17) is 25.8 Å². The van der Waals surface area contributed by atoms with E-state index >= 15 is 0 Å². The molecule has 0 fully saturated rings. The van der Waals surface area contributed by atoms with Crippen molar-refractivity contribution in [3.63, 3.8) is 0 Å². The van der Waals surface area contributed by atoms with Gasteiger partial charge in [0, 0.05) is 10.2 Å². The summed E-state index contributed by atoms with van der Waals surface area (Å²) in [4.78, 5) is 44.0. The number of anilines is 1. The Morgan fingerprint density at radius 3 is 2.56 bits per heavy atom. The van der Waals surface area contributed by atoms with Crippen molar-refractivity contribution in [2.75, 3.05) is 26.1 Å². The molecule has 0 spiro atoms. The lowest BCUT2D eigenvalue weighted by molar-refractivity contribution is -0.136. The molecule has 1 atom stereocenters. The van der Waals surface area contributed by atoms with Gasteiger partial charge in [0.15, 0.2) is 22.9 Å². The molecule has 1 aliphatic rings. The maximum atomic E-state index is 13.7. The maximum absolute atomic E-state index is 13.7. The molecule has 9 nitrogen and oxygen atoms in total. The molecule has 4 aromatic rings. The summed E-state index contributed by atoms with van der Waals surface area (Å²) in [6.07, 6.45) is 1.72. The van der Waals surface area contributed by atoms with Crippen molar-refractivity contribution in [3.8, 4) is 11.5 Å². The van der Waals surface area contributed by atoms with E-state index in [1.165, 1.54) is 30.1 Å². The number of nitrogens with one attached hydrogen (secondary N) is 1. The number of ether oxygens (including phenoxy) is 3. The molecule has 0 bridgehead atoms. The van der Waals surface area contributed by atoms with Crippen molar-refractivity contribution in [2.45, 2.75) is 13.0 Å². The van der Waals surface area contributed by atoms with E-state index in [1.54, 1.807) is 49.4 Å². The third-order valence-electron chi connectivity index (χ3n) is 6.59. The predicted octanol–water partition coefficient (Wildman–Crippen LogP) is 4.85. The molecule has 43 heavy (non-hydrogen) atoms. The zero-order chi connectivity index (χ0) is 30.7. The molecule has 3 aromatic carbocycles. The first kappa shape index (κ1) is 30.3. The van der Waals surface area contributed by atoms with E-state index in [9.17, 15) is 14.4 Å². The second-order valence-corrected chi connectivity index (χ2v) is 11.6. The minimum absolute atomic E-state index is 0.261. The number of halogens is 2. The molecule has 1 aromatic heterocycles. The Morgan fingerprint density at radius 2 is 1.86 bits per heavy atom. The van der Waals surface area contributed by atoms with Gasteiger partial charge in [-0.15, -0.1) is 0 Å². The highest BCUT2D eigenvalue weighted by Crippen LogP contribution is 2.31. The Balaban J connectivity index is 1.43. The number of fused-ring (bicyclic) bond motifs is 1. The number of nitrogens with zero attached hydrogens (tertiary/aromatic N) is 2. The van der Waals surface area contributed by atoms with E-state index in [2.05, 4.69) is 26.2 Å². The third-order valence-corrected chi connectivity index (χ3v) is 8.81. The number of carbonyl (C=O) groups is 2. The fraction of sp³-hybridized carbons (Fsp3) is 0.161. The number of aromatic nitrogens is 1. The van der Waals surface area contributed by atoms with Gasteiger partial charge < -0.3 is 19.5 Å². The van der Waals surface area contributed by atoms with Gasteiger partial charge in [-0.25, -0.2) is 9.79 Å². The SMILES string of the molecule is COC(=O)C1=C(C)N=c2sc(=Cc3ccc(OCC(=O)Nc4ccc(Br)c(Cl)c4)c(OC)c3)c(=O)n2C1c1ccccc1. The lowest BCUT2D eigenvalue weighted by Crippen LogP contribution is -2.39. The molecule has 1 N–H and O–H groups in total. The van der Waals surface area contributed by atoms with Crippen LogP contribution in [0.15, 0.2) is 92.3 Å². The minimum Gasteiger partial charge on any atom is -0.493 e. The number of esters is 1. The lowest BCUT2D eigenvalue weighted by atomic mass is 9.96. The third kappa shape index (κ3) is 6.43. The molecule has 5 rings (SSSR count). The van der Waals surface area contributed by atoms with Crippen molar-refractivity contribution >= 4 is 62.5 Å². The van der Waals surface area contributed by atoms with Crippen LogP contribution in [0.3, 0.4) is 0 Å². The van der Waals surface area contributed by atoms with E-state index in [0.717, 1.165) is 10.0 Å². The van der Waals surface area contributed by atoms with Crippen LogP contribution in [0.1, 0.15) is 24.1 Å². The summed E-state index contributed by atoms with van der Waals surface area (Å²) in [6.45, 7) is 1.47. The number of benzene rings is 3. The number of rotatable bonds is 8. The van der Waals surface area contributed by atoms with Crippen LogP contribution in [0.25, 0.3) is 6.08 Å². The van der Waals surface area contributed by atoms with Crippen molar-refractivity contribution in [3.05, 3.63) is 118 Å². The highest BCUT2D eigenvalue weighted by molar-refractivity contribution is 9.10. The van der Waals surface area contributed by atoms with E-state index in [0.29, 0.717) is 48.4 Å². The van der Waals surface area contributed by atoms with Crippen LogP contribution in [0.2, 0.25) is 5.02 Å².